The van der Waals surface area contributed by atoms with Crippen molar-refractivity contribution in [1.29, 1.82) is 0 Å². The summed E-state index contributed by atoms with van der Waals surface area (Å²) in [5, 5.41) is 10.5. The minimum atomic E-state index is -4.87. The van der Waals surface area contributed by atoms with Gasteiger partial charge in [-0.05, 0) is 36.8 Å². The van der Waals surface area contributed by atoms with Crippen LogP contribution < -0.4 is 4.74 Å². The van der Waals surface area contributed by atoms with Crippen molar-refractivity contribution >= 4 is 16.9 Å². The lowest BCUT2D eigenvalue weighted by Crippen LogP contribution is -2.30. The van der Waals surface area contributed by atoms with E-state index >= 15 is 0 Å². The molecule has 0 saturated carbocycles. The van der Waals surface area contributed by atoms with Gasteiger partial charge in [0, 0.05) is 36.2 Å². The Hall–Kier alpha value is -2.68. The molecule has 2 heterocycles. The SMILES string of the molecule is Cc1c(C(O)CN(Cc2ccc(OC(F)(F)F)cc2)S(=O)[O-])nc2cc(C(F)(F)F)ccn12. The zero-order valence-electron chi connectivity index (χ0n) is 16.7. The molecule has 0 radical (unpaired) electrons. The molecular formula is C19H16F6N3O4S-. The molecule has 0 fully saturated rings. The summed E-state index contributed by atoms with van der Waals surface area (Å²) in [6, 6.07) is 6.12. The van der Waals surface area contributed by atoms with Crippen molar-refractivity contribution in [3.05, 3.63) is 65.1 Å². The number of halogens is 6. The van der Waals surface area contributed by atoms with E-state index in [0.29, 0.717) is 11.3 Å². The molecule has 2 unspecified atom stereocenters. The van der Waals surface area contributed by atoms with E-state index in [4.69, 9.17) is 0 Å². The highest BCUT2D eigenvalue weighted by Crippen LogP contribution is 2.31. The van der Waals surface area contributed by atoms with Gasteiger partial charge in [-0.15, -0.1) is 13.2 Å². The van der Waals surface area contributed by atoms with Gasteiger partial charge in [0.1, 0.15) is 17.5 Å². The van der Waals surface area contributed by atoms with Gasteiger partial charge in [-0.1, -0.05) is 12.1 Å². The fourth-order valence-corrected chi connectivity index (χ4v) is 3.65. The van der Waals surface area contributed by atoms with E-state index in [1.807, 2.05) is 0 Å². The molecule has 3 aromatic rings. The van der Waals surface area contributed by atoms with Crippen LogP contribution in [-0.2, 0) is 24.0 Å². The van der Waals surface area contributed by atoms with Crippen molar-refractivity contribution in [2.45, 2.75) is 32.1 Å². The summed E-state index contributed by atoms with van der Waals surface area (Å²) < 4.78 is 105. The monoisotopic (exact) mass is 496 g/mol. The molecular weight excluding hydrogens is 480 g/mol. The molecule has 0 saturated heterocycles. The van der Waals surface area contributed by atoms with Crippen molar-refractivity contribution in [1.82, 2.24) is 13.7 Å². The molecule has 0 spiro atoms. The first-order chi connectivity index (χ1) is 15.2. The first kappa shape index (κ1) is 25.0. The van der Waals surface area contributed by atoms with E-state index in [1.165, 1.54) is 23.5 Å². The zero-order valence-corrected chi connectivity index (χ0v) is 17.5. The maximum absolute atomic E-state index is 12.9. The number of imidazole rings is 1. The Balaban J connectivity index is 1.77. The number of aryl methyl sites for hydroxylation is 1. The van der Waals surface area contributed by atoms with E-state index in [9.17, 15) is 40.2 Å². The summed E-state index contributed by atoms with van der Waals surface area (Å²) in [5.41, 5.74) is -0.398. The fraction of sp³-hybridized carbons (Fsp3) is 0.316. The molecule has 2 aromatic heterocycles. The molecule has 33 heavy (non-hydrogen) atoms. The van der Waals surface area contributed by atoms with Crippen molar-refractivity contribution in [3.63, 3.8) is 0 Å². The average molecular weight is 496 g/mol. The van der Waals surface area contributed by atoms with Gasteiger partial charge in [-0.2, -0.15) is 13.2 Å². The molecule has 14 heteroatoms. The molecule has 1 N–H and O–H groups in total. The quantitative estimate of drug-likeness (QED) is 0.396. The summed E-state index contributed by atoms with van der Waals surface area (Å²) in [6.45, 7) is 0.724. The Kier molecular flexibility index (Phi) is 7.02. The van der Waals surface area contributed by atoms with E-state index < -0.39 is 47.8 Å². The van der Waals surface area contributed by atoms with Crippen LogP contribution in [0.2, 0.25) is 0 Å². The van der Waals surface area contributed by atoms with Gasteiger partial charge >= 0.3 is 12.5 Å². The molecule has 7 nitrogen and oxygen atoms in total. The molecule has 180 valence electrons. The number of fused-ring (bicyclic) bond motifs is 1. The Bertz CT molecular complexity index is 1150. The summed E-state index contributed by atoms with van der Waals surface area (Å²) in [5.74, 6) is -0.486. The molecule has 2 atom stereocenters. The number of hydrogen-bond acceptors (Lipinski definition) is 5. The van der Waals surface area contributed by atoms with E-state index in [0.717, 1.165) is 34.8 Å². The topological polar surface area (TPSA) is 90.1 Å². The van der Waals surface area contributed by atoms with Crippen molar-refractivity contribution < 1.29 is 44.9 Å². The lowest BCUT2D eigenvalue weighted by molar-refractivity contribution is -0.274. The highest BCUT2D eigenvalue weighted by Gasteiger charge is 2.32. The number of rotatable bonds is 7. The molecule has 1 aromatic carbocycles. The highest BCUT2D eigenvalue weighted by atomic mass is 32.2. The third-order valence-corrected chi connectivity index (χ3v) is 5.35. The number of hydrogen-bond donors (Lipinski definition) is 1. The van der Waals surface area contributed by atoms with Crippen molar-refractivity contribution in [3.8, 4) is 5.75 Å². The number of pyridine rings is 1. The Morgan fingerprint density at radius 1 is 1.18 bits per heavy atom. The Labute approximate surface area is 185 Å². The number of aliphatic hydroxyl groups is 1. The second-order valence-corrected chi connectivity index (χ2v) is 7.92. The number of aromatic nitrogens is 2. The summed E-state index contributed by atoms with van der Waals surface area (Å²) >= 11 is -2.83. The van der Waals surface area contributed by atoms with Gasteiger partial charge in [0.05, 0.1) is 11.3 Å². The summed E-state index contributed by atoms with van der Waals surface area (Å²) in [7, 11) is 0. The van der Waals surface area contributed by atoms with Crippen molar-refractivity contribution in [2.75, 3.05) is 6.54 Å². The van der Waals surface area contributed by atoms with Crippen LogP contribution in [0.1, 0.15) is 28.6 Å². The average Bonchev–Trinajstić information content (AvgIpc) is 3.03. The van der Waals surface area contributed by atoms with E-state index in [1.54, 1.807) is 0 Å². The van der Waals surface area contributed by atoms with Crippen LogP contribution in [0.15, 0.2) is 42.6 Å². The first-order valence-electron chi connectivity index (χ1n) is 9.17. The lowest BCUT2D eigenvalue weighted by atomic mass is 10.2. The van der Waals surface area contributed by atoms with Crippen LogP contribution >= 0.6 is 0 Å². The maximum atomic E-state index is 12.9. The number of ether oxygens (including phenoxy) is 1. The third kappa shape index (κ3) is 6.22. The second kappa shape index (κ2) is 9.29. The smallest absolute Gasteiger partial charge is 0.573 e. The summed E-state index contributed by atoms with van der Waals surface area (Å²) in [4.78, 5) is 4.01. The van der Waals surface area contributed by atoms with E-state index in [2.05, 4.69) is 9.72 Å². The fourth-order valence-electron chi connectivity index (χ4n) is 3.14. The van der Waals surface area contributed by atoms with Crippen LogP contribution in [0.3, 0.4) is 0 Å². The standard InChI is InChI=1S/C19H17F6N3O4S/c1-11-17(26-16-8-13(18(20,21)22)6-7-28(11)16)15(29)10-27(33(30)31)9-12-2-4-14(5-3-12)32-19(23,24)25/h2-8,15,29H,9-10H2,1H3,(H,30,31)/p-1. The maximum Gasteiger partial charge on any atom is 0.573 e. The van der Waals surface area contributed by atoms with Crippen molar-refractivity contribution in [2.24, 2.45) is 0 Å². The largest absolute Gasteiger partial charge is 0.760 e. The number of alkyl halides is 6. The lowest BCUT2D eigenvalue weighted by Gasteiger charge is -2.26. The molecule has 0 aliphatic rings. The molecule has 3 rings (SSSR count). The zero-order chi connectivity index (χ0) is 24.6. The third-order valence-electron chi connectivity index (χ3n) is 4.65. The minimum Gasteiger partial charge on any atom is -0.760 e. The van der Waals surface area contributed by atoms with Crippen LogP contribution in [0, 0.1) is 6.92 Å². The van der Waals surface area contributed by atoms with E-state index in [-0.39, 0.29) is 17.9 Å². The molecule has 0 aliphatic heterocycles. The Morgan fingerprint density at radius 2 is 1.82 bits per heavy atom. The van der Waals surface area contributed by atoms with Crippen LogP contribution in [0.25, 0.3) is 5.65 Å². The van der Waals surface area contributed by atoms with Crippen LogP contribution in [0.5, 0.6) is 5.75 Å². The highest BCUT2D eigenvalue weighted by molar-refractivity contribution is 7.76. The van der Waals surface area contributed by atoms with Crippen LogP contribution in [0.4, 0.5) is 26.3 Å². The molecule has 0 bridgehead atoms. The first-order valence-corrected chi connectivity index (χ1v) is 10.2. The normalized spacial score (nSPS) is 14.6. The predicted molar refractivity (Wildman–Crippen MR) is 102 cm³/mol. The molecule has 0 aliphatic carbocycles. The second-order valence-electron chi connectivity index (χ2n) is 6.97. The van der Waals surface area contributed by atoms with Gasteiger partial charge < -0.3 is 18.8 Å². The predicted octanol–water partition coefficient (Wildman–Crippen LogP) is 3.89. The van der Waals surface area contributed by atoms with Crippen LogP contribution in [-0.4, -0.2) is 40.5 Å². The Morgan fingerprint density at radius 3 is 2.36 bits per heavy atom. The van der Waals surface area contributed by atoms with Gasteiger partial charge in [0.15, 0.2) is 0 Å². The minimum absolute atomic E-state index is 0.0151. The van der Waals surface area contributed by atoms with Gasteiger partial charge in [-0.3, -0.25) is 4.21 Å². The van der Waals surface area contributed by atoms with Gasteiger partial charge in [-0.25, -0.2) is 9.29 Å². The number of benzene rings is 1. The van der Waals surface area contributed by atoms with Gasteiger partial charge in [0.25, 0.3) is 0 Å². The van der Waals surface area contributed by atoms with Gasteiger partial charge in [0.2, 0.25) is 0 Å². The number of nitrogens with zero attached hydrogens (tertiary/aromatic N) is 3. The molecule has 0 amide bonds. The summed E-state index contributed by atoms with van der Waals surface area (Å²) in [6.07, 6.45) is -9.80. The number of aliphatic hydroxyl groups excluding tert-OH is 1.